The lowest BCUT2D eigenvalue weighted by Crippen LogP contribution is -2.37. The van der Waals surface area contributed by atoms with Gasteiger partial charge in [0.05, 0.1) is 0 Å². The van der Waals surface area contributed by atoms with Gasteiger partial charge in [0.15, 0.2) is 6.73 Å². The first kappa shape index (κ1) is 19.3. The number of carbonyl (C=O) groups is 1. The number of aryl methyl sites for hydroxylation is 1. The molecule has 0 atom stereocenters. The van der Waals surface area contributed by atoms with Crippen LogP contribution < -0.4 is 15.4 Å². The molecule has 0 unspecified atom stereocenters. The normalized spacial score (nSPS) is 11.1. The predicted molar refractivity (Wildman–Crippen MR) is 105 cm³/mol. The van der Waals surface area contributed by atoms with E-state index in [1.807, 2.05) is 36.4 Å². The number of carbonyl (C=O) groups excluding carboxylic acids is 1. The summed E-state index contributed by atoms with van der Waals surface area (Å²) in [5, 5.41) is 5.55. The number of hydrogen-bond acceptors (Lipinski definition) is 2. The van der Waals surface area contributed by atoms with Crippen molar-refractivity contribution >= 4 is 22.0 Å². The molecule has 2 amide bonds. The van der Waals surface area contributed by atoms with E-state index in [4.69, 9.17) is 4.74 Å². The number of benzene rings is 2. The molecule has 0 fully saturated rings. The topological polar surface area (TPSA) is 50.4 Å². The fraction of sp³-hybridized carbons (Fsp3) is 0.350. The second-order valence-electron chi connectivity index (χ2n) is 6.99. The van der Waals surface area contributed by atoms with Gasteiger partial charge in [-0.15, -0.1) is 0 Å². The largest absolute Gasteiger partial charge is 0.473 e. The highest BCUT2D eigenvalue weighted by Gasteiger charge is 2.19. The third kappa shape index (κ3) is 5.78. The molecule has 2 N–H and O–H groups in total. The molecule has 2 aromatic rings. The Bertz CT molecular complexity index is 739. The second kappa shape index (κ2) is 8.39. The fourth-order valence-electron chi connectivity index (χ4n) is 2.41. The van der Waals surface area contributed by atoms with Crippen molar-refractivity contribution in [3.05, 3.63) is 63.6 Å². The van der Waals surface area contributed by atoms with Crippen molar-refractivity contribution < 1.29 is 9.53 Å². The lowest BCUT2D eigenvalue weighted by Gasteiger charge is -2.23. The summed E-state index contributed by atoms with van der Waals surface area (Å²) >= 11 is 3.47. The molecule has 0 heterocycles. The molecular formula is C20H25BrN2O2. The van der Waals surface area contributed by atoms with Crippen LogP contribution >= 0.6 is 15.9 Å². The van der Waals surface area contributed by atoms with Gasteiger partial charge < -0.3 is 15.4 Å². The summed E-state index contributed by atoms with van der Waals surface area (Å²) in [6.45, 7) is 9.07. The van der Waals surface area contributed by atoms with Gasteiger partial charge in [0, 0.05) is 11.0 Å². The molecule has 0 aliphatic carbocycles. The van der Waals surface area contributed by atoms with Crippen LogP contribution in [0.3, 0.4) is 0 Å². The van der Waals surface area contributed by atoms with Crippen LogP contribution in [0.5, 0.6) is 5.75 Å². The van der Waals surface area contributed by atoms with Gasteiger partial charge in [0.25, 0.3) is 0 Å². The maximum Gasteiger partial charge on any atom is 0.317 e. The highest BCUT2D eigenvalue weighted by atomic mass is 79.9. The zero-order chi connectivity index (χ0) is 18.4. The summed E-state index contributed by atoms with van der Waals surface area (Å²) < 4.78 is 6.76. The highest BCUT2D eigenvalue weighted by Crippen LogP contribution is 2.31. The Labute approximate surface area is 158 Å². The molecule has 2 aromatic carbocycles. The van der Waals surface area contributed by atoms with Crippen LogP contribution in [0.25, 0.3) is 0 Å². The first-order valence-corrected chi connectivity index (χ1v) is 9.05. The maximum atomic E-state index is 11.9. The minimum absolute atomic E-state index is 0.0246. The van der Waals surface area contributed by atoms with E-state index in [1.54, 1.807) is 0 Å². The molecule has 0 radical (unpaired) electrons. The average molecular weight is 405 g/mol. The molecule has 0 aliphatic rings. The van der Waals surface area contributed by atoms with Crippen LogP contribution in [0.2, 0.25) is 0 Å². The molecule has 2 rings (SSSR count). The Kier molecular flexibility index (Phi) is 6.48. The fourth-order valence-corrected chi connectivity index (χ4v) is 2.84. The van der Waals surface area contributed by atoms with Crippen molar-refractivity contribution in [2.75, 3.05) is 6.73 Å². The van der Waals surface area contributed by atoms with Crippen LogP contribution in [-0.4, -0.2) is 12.8 Å². The molecule has 0 saturated carbocycles. The van der Waals surface area contributed by atoms with E-state index in [0.717, 1.165) is 21.3 Å². The Balaban J connectivity index is 1.86. The molecule has 0 spiro atoms. The smallest absolute Gasteiger partial charge is 0.317 e. The number of hydrogen-bond donors (Lipinski definition) is 2. The Morgan fingerprint density at radius 2 is 1.84 bits per heavy atom. The van der Waals surface area contributed by atoms with Crippen LogP contribution in [0.1, 0.15) is 37.5 Å². The van der Waals surface area contributed by atoms with E-state index >= 15 is 0 Å². The molecule has 25 heavy (non-hydrogen) atoms. The predicted octanol–water partition coefficient (Wildman–Crippen LogP) is 4.89. The van der Waals surface area contributed by atoms with Gasteiger partial charge in [0.1, 0.15) is 5.75 Å². The molecule has 5 heteroatoms. The summed E-state index contributed by atoms with van der Waals surface area (Å²) in [5.74, 6) is 0.796. The molecule has 134 valence electrons. The number of rotatable bonds is 5. The summed E-state index contributed by atoms with van der Waals surface area (Å²) in [6.07, 6.45) is 0. The highest BCUT2D eigenvalue weighted by molar-refractivity contribution is 9.10. The summed E-state index contributed by atoms with van der Waals surface area (Å²) in [4.78, 5) is 11.9. The van der Waals surface area contributed by atoms with Gasteiger partial charge in [-0.25, -0.2) is 4.79 Å². The van der Waals surface area contributed by atoms with Crippen molar-refractivity contribution in [2.24, 2.45) is 0 Å². The minimum atomic E-state index is -0.264. The molecule has 0 aromatic heterocycles. The van der Waals surface area contributed by atoms with Gasteiger partial charge in [-0.3, -0.25) is 0 Å². The molecule has 0 bridgehead atoms. The minimum Gasteiger partial charge on any atom is -0.473 e. The van der Waals surface area contributed by atoms with Crippen molar-refractivity contribution in [3.63, 3.8) is 0 Å². The molecule has 4 nitrogen and oxygen atoms in total. The van der Waals surface area contributed by atoms with E-state index in [0.29, 0.717) is 6.54 Å². The average Bonchev–Trinajstić information content (AvgIpc) is 2.54. The molecular weight excluding hydrogens is 380 g/mol. The van der Waals surface area contributed by atoms with E-state index in [9.17, 15) is 4.79 Å². The van der Waals surface area contributed by atoms with Crippen LogP contribution in [0.15, 0.2) is 46.9 Å². The zero-order valence-electron chi connectivity index (χ0n) is 15.2. The third-order valence-electron chi connectivity index (χ3n) is 3.80. The second-order valence-corrected chi connectivity index (χ2v) is 7.84. The summed E-state index contributed by atoms with van der Waals surface area (Å²) in [5.41, 5.74) is 3.31. The molecule has 0 aliphatic heterocycles. The van der Waals surface area contributed by atoms with Gasteiger partial charge in [-0.1, -0.05) is 72.6 Å². The van der Waals surface area contributed by atoms with E-state index in [2.05, 4.69) is 60.3 Å². The lowest BCUT2D eigenvalue weighted by molar-refractivity contribution is 0.222. The van der Waals surface area contributed by atoms with Gasteiger partial charge in [-0.05, 0) is 35.6 Å². The van der Waals surface area contributed by atoms with Crippen LogP contribution in [0.4, 0.5) is 4.79 Å². The van der Waals surface area contributed by atoms with Crippen molar-refractivity contribution in [1.82, 2.24) is 10.6 Å². The van der Waals surface area contributed by atoms with E-state index < -0.39 is 0 Å². The SMILES string of the molecule is Cc1ccc(OCNC(=O)NCc2ccccc2Br)c(C(C)(C)C)c1. The van der Waals surface area contributed by atoms with E-state index in [1.165, 1.54) is 5.56 Å². The summed E-state index contributed by atoms with van der Waals surface area (Å²) in [7, 11) is 0. The van der Waals surface area contributed by atoms with Gasteiger partial charge in [0.2, 0.25) is 0 Å². The Morgan fingerprint density at radius 3 is 2.52 bits per heavy atom. The van der Waals surface area contributed by atoms with Crippen molar-refractivity contribution in [2.45, 2.75) is 39.7 Å². The molecule has 0 saturated heterocycles. The number of halogens is 1. The van der Waals surface area contributed by atoms with Gasteiger partial charge >= 0.3 is 6.03 Å². The van der Waals surface area contributed by atoms with Crippen LogP contribution in [0, 0.1) is 6.92 Å². The monoisotopic (exact) mass is 404 g/mol. The lowest BCUT2D eigenvalue weighted by atomic mass is 9.85. The standard InChI is InChI=1S/C20H25BrN2O2/c1-14-9-10-18(16(11-14)20(2,3)4)25-13-23-19(24)22-12-15-7-5-6-8-17(15)21/h5-11H,12-13H2,1-4H3,(H2,22,23,24). The van der Waals surface area contributed by atoms with E-state index in [-0.39, 0.29) is 18.2 Å². The van der Waals surface area contributed by atoms with Gasteiger partial charge in [-0.2, -0.15) is 0 Å². The number of nitrogens with one attached hydrogen (secondary N) is 2. The first-order valence-electron chi connectivity index (χ1n) is 8.26. The zero-order valence-corrected chi connectivity index (χ0v) is 16.7. The Morgan fingerprint density at radius 1 is 1.12 bits per heavy atom. The number of urea groups is 1. The number of amides is 2. The van der Waals surface area contributed by atoms with Crippen molar-refractivity contribution in [1.29, 1.82) is 0 Å². The Hall–Kier alpha value is -2.01. The van der Waals surface area contributed by atoms with Crippen LogP contribution in [-0.2, 0) is 12.0 Å². The summed E-state index contributed by atoms with van der Waals surface area (Å²) in [6, 6.07) is 13.6. The number of ether oxygens (including phenoxy) is 1. The maximum absolute atomic E-state index is 11.9. The first-order chi connectivity index (χ1) is 11.8. The van der Waals surface area contributed by atoms with Crippen molar-refractivity contribution in [3.8, 4) is 5.75 Å². The third-order valence-corrected chi connectivity index (χ3v) is 4.57. The quantitative estimate of drug-likeness (QED) is 0.696.